The number of carbonyl (C=O) groups is 1. The molecule has 0 atom stereocenters. The van der Waals surface area contributed by atoms with Gasteiger partial charge in [-0.05, 0) is 13.0 Å². The maximum Gasteiger partial charge on any atom is 0.254 e. The van der Waals surface area contributed by atoms with E-state index in [-0.39, 0.29) is 18.0 Å². The second-order valence-corrected chi connectivity index (χ2v) is 5.27. The lowest BCUT2D eigenvalue weighted by molar-refractivity contribution is 0.0950. The van der Waals surface area contributed by atoms with Crippen molar-refractivity contribution in [3.63, 3.8) is 0 Å². The summed E-state index contributed by atoms with van der Waals surface area (Å²) in [4.78, 5) is 28.6. The minimum Gasteiger partial charge on any atom is -0.346 e. The van der Waals surface area contributed by atoms with Gasteiger partial charge in [-0.3, -0.25) is 18.8 Å². The summed E-state index contributed by atoms with van der Waals surface area (Å²) in [6, 6.07) is 1.48. The Balaban J connectivity index is 1.73. The van der Waals surface area contributed by atoms with E-state index in [9.17, 15) is 9.59 Å². The van der Waals surface area contributed by atoms with E-state index in [1.54, 1.807) is 22.5 Å². The Morgan fingerprint density at radius 3 is 3.14 bits per heavy atom. The summed E-state index contributed by atoms with van der Waals surface area (Å²) in [5.41, 5.74) is 0.979. The van der Waals surface area contributed by atoms with Crippen LogP contribution in [-0.4, -0.2) is 31.8 Å². The van der Waals surface area contributed by atoms with E-state index in [1.165, 1.54) is 12.3 Å². The molecule has 22 heavy (non-hydrogen) atoms. The highest BCUT2D eigenvalue weighted by Crippen LogP contribution is 2.02. The summed E-state index contributed by atoms with van der Waals surface area (Å²) < 4.78 is 3.25. The van der Waals surface area contributed by atoms with Gasteiger partial charge >= 0.3 is 0 Å². The zero-order chi connectivity index (χ0) is 15.5. The van der Waals surface area contributed by atoms with Crippen molar-refractivity contribution in [3.8, 4) is 0 Å². The Labute approximate surface area is 127 Å². The first-order valence-electron chi connectivity index (χ1n) is 7.20. The molecule has 0 aliphatic carbocycles. The van der Waals surface area contributed by atoms with Crippen molar-refractivity contribution in [2.24, 2.45) is 7.05 Å². The highest BCUT2D eigenvalue weighted by atomic mass is 16.1. The molecule has 1 aliphatic heterocycles. The van der Waals surface area contributed by atoms with Gasteiger partial charge in [0.2, 0.25) is 0 Å². The van der Waals surface area contributed by atoms with Gasteiger partial charge in [0.25, 0.3) is 11.5 Å². The fraction of sp³-hybridized carbons (Fsp3) is 0.429. The SMILES string of the molecule is Cn1cc(C(=O)NCc2cc(=O)n3c(n2)CNCCC3)cn1. The second-order valence-electron chi connectivity index (χ2n) is 5.27. The van der Waals surface area contributed by atoms with E-state index < -0.39 is 0 Å². The largest absolute Gasteiger partial charge is 0.346 e. The van der Waals surface area contributed by atoms with Gasteiger partial charge < -0.3 is 10.6 Å². The lowest BCUT2D eigenvalue weighted by Crippen LogP contribution is -2.29. The van der Waals surface area contributed by atoms with Gasteiger partial charge in [0, 0.05) is 25.9 Å². The first-order valence-corrected chi connectivity index (χ1v) is 7.20. The highest BCUT2D eigenvalue weighted by molar-refractivity contribution is 5.93. The summed E-state index contributed by atoms with van der Waals surface area (Å²) in [7, 11) is 1.75. The third kappa shape index (κ3) is 3.06. The maximum atomic E-state index is 12.1. The molecular formula is C14H18N6O2. The molecule has 1 amide bonds. The quantitative estimate of drug-likeness (QED) is 0.789. The molecule has 116 valence electrons. The van der Waals surface area contributed by atoms with Crippen molar-refractivity contribution in [3.05, 3.63) is 45.9 Å². The number of fused-ring (bicyclic) bond motifs is 1. The highest BCUT2D eigenvalue weighted by Gasteiger charge is 2.13. The Morgan fingerprint density at radius 1 is 1.50 bits per heavy atom. The fourth-order valence-corrected chi connectivity index (χ4v) is 2.44. The zero-order valence-corrected chi connectivity index (χ0v) is 12.4. The van der Waals surface area contributed by atoms with Crippen molar-refractivity contribution in [2.45, 2.75) is 26.1 Å². The number of amides is 1. The van der Waals surface area contributed by atoms with Crippen LogP contribution in [0.1, 0.15) is 28.3 Å². The maximum absolute atomic E-state index is 12.1. The van der Waals surface area contributed by atoms with Gasteiger partial charge in [-0.1, -0.05) is 0 Å². The number of nitrogens with zero attached hydrogens (tertiary/aromatic N) is 4. The third-order valence-corrected chi connectivity index (χ3v) is 3.56. The molecule has 0 saturated heterocycles. The Hall–Kier alpha value is -2.48. The van der Waals surface area contributed by atoms with Gasteiger partial charge in [0.05, 0.1) is 30.5 Å². The minimum atomic E-state index is -0.233. The number of carbonyl (C=O) groups excluding carboxylic acids is 1. The molecule has 2 N–H and O–H groups in total. The average molecular weight is 302 g/mol. The van der Waals surface area contributed by atoms with Crippen LogP contribution < -0.4 is 16.2 Å². The van der Waals surface area contributed by atoms with E-state index in [2.05, 4.69) is 20.7 Å². The predicted molar refractivity (Wildman–Crippen MR) is 79.2 cm³/mol. The predicted octanol–water partition coefficient (Wildman–Crippen LogP) is -0.600. The van der Waals surface area contributed by atoms with Crippen LogP contribution in [0.15, 0.2) is 23.3 Å². The van der Waals surface area contributed by atoms with Gasteiger partial charge in [-0.25, -0.2) is 4.98 Å². The van der Waals surface area contributed by atoms with Crippen molar-refractivity contribution >= 4 is 5.91 Å². The Morgan fingerprint density at radius 2 is 2.36 bits per heavy atom. The standard InChI is InChI=1S/C14H18N6O2/c1-19-9-10(6-17-19)14(22)16-7-11-5-13(21)20-4-2-3-15-8-12(20)18-11/h5-6,9,15H,2-4,7-8H2,1H3,(H,16,22). The molecule has 2 aromatic rings. The number of rotatable bonds is 3. The number of nitrogens with one attached hydrogen (secondary N) is 2. The molecular weight excluding hydrogens is 284 g/mol. The van der Waals surface area contributed by atoms with Crippen molar-refractivity contribution < 1.29 is 4.79 Å². The summed E-state index contributed by atoms with van der Waals surface area (Å²) in [6.45, 7) is 2.34. The first kappa shape index (κ1) is 14.5. The molecule has 3 rings (SSSR count). The smallest absolute Gasteiger partial charge is 0.254 e. The second kappa shape index (κ2) is 6.10. The summed E-state index contributed by atoms with van der Waals surface area (Å²) in [6.07, 6.45) is 4.04. The topological polar surface area (TPSA) is 93.8 Å². The van der Waals surface area contributed by atoms with Crippen LogP contribution in [0.2, 0.25) is 0 Å². The van der Waals surface area contributed by atoms with Gasteiger partial charge in [0.1, 0.15) is 5.82 Å². The molecule has 3 heterocycles. The lowest BCUT2D eigenvalue weighted by atomic mass is 10.3. The lowest BCUT2D eigenvalue weighted by Gasteiger charge is -2.10. The molecule has 0 aromatic carbocycles. The molecule has 8 heteroatoms. The zero-order valence-electron chi connectivity index (χ0n) is 12.4. The normalized spacial score (nSPS) is 14.2. The summed E-state index contributed by atoms with van der Waals surface area (Å²) in [5.74, 6) is 0.485. The molecule has 0 bridgehead atoms. The minimum absolute atomic E-state index is 0.0701. The molecule has 1 aliphatic rings. The summed E-state index contributed by atoms with van der Waals surface area (Å²) >= 11 is 0. The Kier molecular flexibility index (Phi) is 4.01. The van der Waals surface area contributed by atoms with E-state index >= 15 is 0 Å². The van der Waals surface area contributed by atoms with Crippen molar-refractivity contribution in [1.29, 1.82) is 0 Å². The molecule has 0 unspecified atom stereocenters. The molecule has 8 nitrogen and oxygen atoms in total. The van der Waals surface area contributed by atoms with E-state index in [0.29, 0.717) is 24.3 Å². The van der Waals surface area contributed by atoms with Crippen molar-refractivity contribution in [2.75, 3.05) is 6.54 Å². The molecule has 2 aromatic heterocycles. The van der Waals surface area contributed by atoms with Crippen LogP contribution in [0.25, 0.3) is 0 Å². The summed E-state index contributed by atoms with van der Waals surface area (Å²) in [5, 5.41) is 9.94. The van der Waals surface area contributed by atoms with Crippen LogP contribution in [0.4, 0.5) is 0 Å². The van der Waals surface area contributed by atoms with E-state index in [4.69, 9.17) is 0 Å². The number of aryl methyl sites for hydroxylation is 1. The number of hydrogen-bond acceptors (Lipinski definition) is 5. The van der Waals surface area contributed by atoms with Crippen LogP contribution in [0.5, 0.6) is 0 Å². The van der Waals surface area contributed by atoms with E-state index in [1.807, 2.05) is 0 Å². The van der Waals surface area contributed by atoms with Crippen LogP contribution >= 0.6 is 0 Å². The molecule has 0 saturated carbocycles. The van der Waals surface area contributed by atoms with Crippen molar-refractivity contribution in [1.82, 2.24) is 30.0 Å². The average Bonchev–Trinajstić information content (AvgIpc) is 2.79. The fourth-order valence-electron chi connectivity index (χ4n) is 2.44. The van der Waals surface area contributed by atoms with Crippen LogP contribution in [0.3, 0.4) is 0 Å². The first-order chi connectivity index (χ1) is 10.6. The molecule has 0 spiro atoms. The Bertz CT molecular complexity index is 748. The van der Waals surface area contributed by atoms with Crippen LogP contribution in [-0.2, 0) is 26.7 Å². The van der Waals surface area contributed by atoms with E-state index in [0.717, 1.165) is 18.8 Å². The van der Waals surface area contributed by atoms with Crippen LogP contribution in [0, 0.1) is 0 Å². The van der Waals surface area contributed by atoms with Gasteiger partial charge in [-0.2, -0.15) is 5.10 Å². The molecule has 0 radical (unpaired) electrons. The van der Waals surface area contributed by atoms with Gasteiger partial charge in [0.15, 0.2) is 0 Å². The monoisotopic (exact) mass is 302 g/mol. The number of aromatic nitrogens is 4. The molecule has 0 fully saturated rings. The third-order valence-electron chi connectivity index (χ3n) is 3.56. The van der Waals surface area contributed by atoms with Gasteiger partial charge in [-0.15, -0.1) is 0 Å². The number of hydrogen-bond donors (Lipinski definition) is 2.